The molecule has 2 aromatic rings. The second-order valence-corrected chi connectivity index (χ2v) is 5.41. The van der Waals surface area contributed by atoms with E-state index in [-0.39, 0.29) is 22.4 Å². The molecule has 1 aromatic heterocycles. The molecule has 0 spiro atoms. The largest absolute Gasteiger partial charge is 0.420 e. The number of aromatic nitrogens is 2. The summed E-state index contributed by atoms with van der Waals surface area (Å²) < 4.78 is 66.2. The van der Waals surface area contributed by atoms with Crippen molar-refractivity contribution in [1.29, 1.82) is 0 Å². The molecule has 9 heteroatoms. The Morgan fingerprint density at radius 1 is 1.27 bits per heavy atom. The van der Waals surface area contributed by atoms with Gasteiger partial charge in [-0.1, -0.05) is 0 Å². The summed E-state index contributed by atoms with van der Waals surface area (Å²) >= 11 is 0.228. The van der Waals surface area contributed by atoms with Gasteiger partial charge in [-0.3, -0.25) is 9.48 Å². The fourth-order valence-electron chi connectivity index (χ4n) is 1.80. The van der Waals surface area contributed by atoms with E-state index in [1.807, 2.05) is 0 Å². The number of nitrogens with zero attached hydrogens (tertiary/aromatic N) is 2. The molecular formula is C13H9F5N2OS. The fraction of sp³-hybridized carbons (Fsp3) is 0.231. The van der Waals surface area contributed by atoms with Gasteiger partial charge in [-0.05, 0) is 30.8 Å². The smallest absolute Gasteiger partial charge is 0.279 e. The molecule has 0 saturated carbocycles. The van der Waals surface area contributed by atoms with Crippen LogP contribution in [0.15, 0.2) is 23.1 Å². The predicted molar refractivity (Wildman–Crippen MR) is 69.5 cm³/mol. The number of alkyl halides is 3. The second-order valence-electron chi connectivity index (χ2n) is 4.39. The van der Waals surface area contributed by atoms with E-state index in [0.29, 0.717) is 6.07 Å². The molecule has 1 heterocycles. The van der Waals surface area contributed by atoms with Gasteiger partial charge in [-0.15, -0.1) is 0 Å². The van der Waals surface area contributed by atoms with Crippen molar-refractivity contribution < 1.29 is 26.7 Å². The maximum absolute atomic E-state index is 13.5. The lowest BCUT2D eigenvalue weighted by Crippen LogP contribution is -2.11. The number of thioether (sulfide) groups is 1. The highest BCUT2D eigenvalue weighted by atomic mass is 32.2. The van der Waals surface area contributed by atoms with Gasteiger partial charge in [-0.25, -0.2) is 8.78 Å². The van der Waals surface area contributed by atoms with Crippen molar-refractivity contribution in [2.24, 2.45) is 7.05 Å². The van der Waals surface area contributed by atoms with Crippen LogP contribution >= 0.6 is 11.8 Å². The first-order valence-electron chi connectivity index (χ1n) is 5.89. The monoisotopic (exact) mass is 336 g/mol. The van der Waals surface area contributed by atoms with E-state index < -0.39 is 34.2 Å². The third-order valence-corrected chi connectivity index (χ3v) is 3.84. The molecule has 0 aliphatic rings. The molecule has 0 atom stereocenters. The normalized spacial score (nSPS) is 11.8. The summed E-state index contributed by atoms with van der Waals surface area (Å²) in [7, 11) is 1.27. The molecule has 118 valence electrons. The Bertz CT molecular complexity index is 739. The summed E-state index contributed by atoms with van der Waals surface area (Å²) in [5.74, 6) is -1.88. The zero-order chi connectivity index (χ0) is 16.7. The lowest BCUT2D eigenvalue weighted by Gasteiger charge is -2.07. The van der Waals surface area contributed by atoms with Gasteiger partial charge in [-0.2, -0.15) is 18.3 Å². The lowest BCUT2D eigenvalue weighted by molar-refractivity contribution is -0.138. The number of benzene rings is 1. The van der Waals surface area contributed by atoms with Crippen LogP contribution in [0.2, 0.25) is 0 Å². The number of hydrogen-bond acceptors (Lipinski definition) is 3. The van der Waals surface area contributed by atoms with Gasteiger partial charge in [0.25, 0.3) is 0 Å². The Hall–Kier alpha value is -1.90. The molecule has 0 saturated heterocycles. The quantitative estimate of drug-likeness (QED) is 0.615. The summed E-state index contributed by atoms with van der Waals surface area (Å²) in [5, 5.41) is 2.48. The van der Waals surface area contributed by atoms with E-state index >= 15 is 0 Å². The zero-order valence-corrected chi connectivity index (χ0v) is 12.1. The van der Waals surface area contributed by atoms with Crippen LogP contribution in [0.1, 0.15) is 21.7 Å². The number of carbonyl (C=O) groups excluding carboxylic acids is 1. The highest BCUT2D eigenvalue weighted by Crippen LogP contribution is 2.37. The van der Waals surface area contributed by atoms with E-state index in [0.717, 1.165) is 16.8 Å². The summed E-state index contributed by atoms with van der Waals surface area (Å²) in [6.45, 7) is 1.18. The number of halogens is 5. The maximum atomic E-state index is 13.5. The molecule has 0 aliphatic heterocycles. The Labute approximate surface area is 126 Å². The summed E-state index contributed by atoms with van der Waals surface area (Å²) in [5.41, 5.74) is -2.19. The molecule has 0 radical (unpaired) electrons. The minimum atomic E-state index is -4.76. The molecular weight excluding hydrogens is 327 g/mol. The number of rotatable bonds is 2. The topological polar surface area (TPSA) is 34.9 Å². The lowest BCUT2D eigenvalue weighted by atomic mass is 10.2. The first-order chi connectivity index (χ1) is 10.1. The van der Waals surface area contributed by atoms with Crippen molar-refractivity contribution in [3.8, 4) is 0 Å². The standard InChI is InChI=1S/C13H9F5N2OS/c1-6-10(13(16,17)18)11(19-20(6)2)12(21)22-9-4-3-7(14)5-8(9)15/h3-5H,1-2H3. The number of aryl methyl sites for hydroxylation is 1. The Morgan fingerprint density at radius 3 is 2.45 bits per heavy atom. The minimum Gasteiger partial charge on any atom is -0.279 e. The van der Waals surface area contributed by atoms with Crippen LogP contribution in [-0.2, 0) is 13.2 Å². The van der Waals surface area contributed by atoms with Crippen LogP contribution in [0.4, 0.5) is 22.0 Å². The van der Waals surface area contributed by atoms with E-state index in [9.17, 15) is 26.7 Å². The molecule has 0 amide bonds. The van der Waals surface area contributed by atoms with Gasteiger partial charge in [0.2, 0.25) is 5.12 Å². The molecule has 0 aliphatic carbocycles. The van der Waals surface area contributed by atoms with E-state index in [1.54, 1.807) is 0 Å². The highest BCUT2D eigenvalue weighted by Gasteiger charge is 2.40. The fourth-order valence-corrected chi connectivity index (χ4v) is 2.53. The van der Waals surface area contributed by atoms with Gasteiger partial charge in [0.05, 0.1) is 4.90 Å². The van der Waals surface area contributed by atoms with Crippen LogP contribution in [-0.4, -0.2) is 14.9 Å². The maximum Gasteiger partial charge on any atom is 0.420 e. The minimum absolute atomic E-state index is 0.226. The van der Waals surface area contributed by atoms with Crippen molar-refractivity contribution in [3.05, 3.63) is 46.8 Å². The summed E-state index contributed by atoms with van der Waals surface area (Å²) in [6.07, 6.45) is -4.76. The van der Waals surface area contributed by atoms with Crippen molar-refractivity contribution in [3.63, 3.8) is 0 Å². The Balaban J connectivity index is 2.40. The van der Waals surface area contributed by atoms with Crippen molar-refractivity contribution >= 4 is 16.9 Å². The molecule has 3 nitrogen and oxygen atoms in total. The molecule has 0 fully saturated rings. The van der Waals surface area contributed by atoms with Crippen LogP contribution in [0.25, 0.3) is 0 Å². The van der Waals surface area contributed by atoms with Gasteiger partial charge in [0, 0.05) is 18.8 Å². The van der Waals surface area contributed by atoms with Crippen molar-refractivity contribution in [1.82, 2.24) is 9.78 Å². The zero-order valence-electron chi connectivity index (χ0n) is 11.3. The molecule has 0 N–H and O–H groups in total. The third-order valence-electron chi connectivity index (χ3n) is 2.91. The number of carbonyl (C=O) groups is 1. The third kappa shape index (κ3) is 3.13. The molecule has 0 bridgehead atoms. The van der Waals surface area contributed by atoms with Crippen molar-refractivity contribution in [2.45, 2.75) is 18.0 Å². The summed E-state index contributed by atoms with van der Waals surface area (Å²) in [4.78, 5) is 11.7. The van der Waals surface area contributed by atoms with Crippen LogP contribution in [0.5, 0.6) is 0 Å². The number of hydrogen-bond donors (Lipinski definition) is 0. The average Bonchev–Trinajstić information content (AvgIpc) is 2.69. The molecule has 2 rings (SSSR count). The first kappa shape index (κ1) is 16.5. The van der Waals surface area contributed by atoms with Crippen molar-refractivity contribution in [2.75, 3.05) is 0 Å². The van der Waals surface area contributed by atoms with E-state index in [1.165, 1.54) is 14.0 Å². The second kappa shape index (κ2) is 5.71. The van der Waals surface area contributed by atoms with Gasteiger partial charge >= 0.3 is 6.18 Å². The van der Waals surface area contributed by atoms with Crippen LogP contribution in [0.3, 0.4) is 0 Å². The van der Waals surface area contributed by atoms with Gasteiger partial charge < -0.3 is 0 Å². The van der Waals surface area contributed by atoms with Gasteiger partial charge in [0.15, 0.2) is 5.69 Å². The van der Waals surface area contributed by atoms with Gasteiger partial charge in [0.1, 0.15) is 17.2 Å². The molecule has 1 aromatic carbocycles. The Kier molecular flexibility index (Phi) is 4.28. The average molecular weight is 336 g/mol. The first-order valence-corrected chi connectivity index (χ1v) is 6.71. The van der Waals surface area contributed by atoms with E-state index in [2.05, 4.69) is 5.10 Å². The van der Waals surface area contributed by atoms with E-state index in [4.69, 9.17) is 0 Å². The molecule has 22 heavy (non-hydrogen) atoms. The Morgan fingerprint density at radius 2 is 1.91 bits per heavy atom. The van der Waals surface area contributed by atoms with Crippen LogP contribution < -0.4 is 0 Å². The predicted octanol–water partition coefficient (Wildman–Crippen LogP) is 3.96. The SMILES string of the molecule is Cc1c(C(F)(F)F)c(C(=O)Sc2ccc(F)cc2F)nn1C. The molecule has 0 unspecified atom stereocenters. The highest BCUT2D eigenvalue weighted by molar-refractivity contribution is 8.14. The van der Waals surface area contributed by atoms with Crippen LogP contribution in [0, 0.1) is 18.6 Å². The summed E-state index contributed by atoms with van der Waals surface area (Å²) in [6, 6.07) is 2.44.